The fourth-order valence-corrected chi connectivity index (χ4v) is 7.68. The van der Waals surface area contributed by atoms with Crippen LogP contribution in [0.2, 0.25) is 0 Å². The summed E-state index contributed by atoms with van der Waals surface area (Å²) in [6, 6.07) is 0. The van der Waals surface area contributed by atoms with Gasteiger partial charge in [0.05, 0.1) is 36.9 Å². The molecular weight excluding hydrogens is 536 g/mol. The van der Waals surface area contributed by atoms with Crippen LogP contribution in [0.15, 0.2) is 0 Å². The van der Waals surface area contributed by atoms with Crippen molar-refractivity contribution >= 4 is 5.97 Å². The van der Waals surface area contributed by atoms with E-state index in [2.05, 4.69) is 0 Å². The second kappa shape index (κ2) is 12.3. The van der Waals surface area contributed by atoms with E-state index in [1.165, 1.54) is 14.2 Å². The molecule has 8 N–H and O–H groups in total. The average molecular weight is 580 g/mol. The molecule has 10 unspecified atom stereocenters. The third-order valence-electron chi connectivity index (χ3n) is 9.67. The molecule has 0 radical (unpaired) electrons. The van der Waals surface area contributed by atoms with Crippen LogP contribution in [0.1, 0.15) is 32.1 Å². The van der Waals surface area contributed by atoms with E-state index >= 15 is 0 Å². The molecule has 3 heterocycles. The number of carbonyl (C=O) groups is 1. The van der Waals surface area contributed by atoms with E-state index in [0.717, 1.165) is 0 Å². The fraction of sp³-hybridized carbons (Fsp3) is 0.962. The van der Waals surface area contributed by atoms with Crippen molar-refractivity contribution in [3.63, 3.8) is 0 Å². The Morgan fingerprint density at radius 1 is 0.875 bits per heavy atom. The lowest BCUT2D eigenvalue weighted by atomic mass is 9.64. The quantitative estimate of drug-likeness (QED) is 0.149. The topological polar surface area (TPSA) is 218 Å². The van der Waals surface area contributed by atoms with Gasteiger partial charge in [-0.3, -0.25) is 0 Å². The molecule has 40 heavy (non-hydrogen) atoms. The molecule has 0 aromatic heterocycles. The van der Waals surface area contributed by atoms with Crippen LogP contribution in [-0.4, -0.2) is 153 Å². The van der Waals surface area contributed by atoms with Gasteiger partial charge in [-0.25, -0.2) is 4.79 Å². The van der Waals surface area contributed by atoms with Gasteiger partial charge in [-0.05, 0) is 19.3 Å². The first-order valence-electron chi connectivity index (χ1n) is 14.0. The Balaban J connectivity index is 1.51. The predicted molar refractivity (Wildman–Crippen MR) is 132 cm³/mol. The van der Waals surface area contributed by atoms with Gasteiger partial charge in [-0.2, -0.15) is 0 Å². The second-order valence-corrected chi connectivity index (χ2v) is 11.9. The van der Waals surface area contributed by atoms with Gasteiger partial charge in [-0.15, -0.1) is 0 Å². The number of rotatable bonds is 7. The maximum Gasteiger partial charge on any atom is 0.332 e. The molecule has 3 saturated heterocycles. The van der Waals surface area contributed by atoms with Crippen molar-refractivity contribution < 1.29 is 69.0 Å². The summed E-state index contributed by atoms with van der Waals surface area (Å²) in [6.07, 6.45) is -12.2. The Hall–Kier alpha value is -1.01. The van der Waals surface area contributed by atoms with Crippen molar-refractivity contribution in [2.45, 2.75) is 118 Å². The highest BCUT2D eigenvalue weighted by Gasteiger charge is 2.62. The summed E-state index contributed by atoms with van der Waals surface area (Å²) < 4.78 is 34.3. The first-order chi connectivity index (χ1) is 19.1. The van der Waals surface area contributed by atoms with Gasteiger partial charge in [0.15, 0.2) is 24.6 Å². The number of hydrogen-bond donors (Lipinski definition) is 7. The summed E-state index contributed by atoms with van der Waals surface area (Å²) in [4.78, 5) is 12.1. The standard InChI is InChI=1S/C26H42O14/c1-35-14-3-9(4-15(36-2)19(14)29)23-24(40-26-22(32)21(31)20(30)17(8-27)39-26)11-7-16(25(33)34)37-12-5-10(28)6-13(38-23)18(11)12/h9-24,26-32H,3-8H2,1-2H3,(H,33,34)/p+1/t9?,10?,11?,12?,13?,14?,15?,16?,17-,18?,19?,20-,21+,22-,23?,24?,26+/m1/s1. The lowest BCUT2D eigenvalue weighted by Gasteiger charge is -2.55. The normalized spacial score (nSPS) is 53.0. The fourth-order valence-electron chi connectivity index (χ4n) is 7.68. The first kappa shape index (κ1) is 30.4. The van der Waals surface area contributed by atoms with E-state index in [0.29, 0.717) is 19.3 Å². The highest BCUT2D eigenvalue weighted by atomic mass is 16.7. The number of ether oxygens (including phenoxy) is 6. The molecular formula is C26H43O14+. The molecule has 3 aliphatic heterocycles. The number of methoxy groups -OCH3 is 2. The maximum atomic E-state index is 12.1. The number of aliphatic hydroxyl groups excluding tert-OH is 6. The molecule has 2 saturated carbocycles. The number of carboxylic acid groups (broad SMARTS) is 1. The van der Waals surface area contributed by atoms with Crippen molar-refractivity contribution in [1.29, 1.82) is 0 Å². The van der Waals surface area contributed by atoms with Crippen molar-refractivity contribution in [2.24, 2.45) is 17.8 Å². The lowest BCUT2D eigenvalue weighted by molar-refractivity contribution is -0.380. The molecule has 0 spiro atoms. The summed E-state index contributed by atoms with van der Waals surface area (Å²) in [5.41, 5.74) is 0. The molecule has 14 heteroatoms. The summed E-state index contributed by atoms with van der Waals surface area (Å²) in [7, 11) is 2.99. The largest absolute Gasteiger partial charge is 0.479 e. The van der Waals surface area contributed by atoms with Gasteiger partial charge < -0.3 is 64.2 Å². The van der Waals surface area contributed by atoms with Gasteiger partial charge >= 0.3 is 5.97 Å². The predicted octanol–water partition coefficient (Wildman–Crippen LogP) is -3.12. The molecule has 5 fully saturated rings. The van der Waals surface area contributed by atoms with E-state index in [9.17, 15) is 40.5 Å². The zero-order valence-corrected chi connectivity index (χ0v) is 22.6. The zero-order valence-electron chi connectivity index (χ0n) is 22.6. The molecule has 0 amide bonds. The Labute approximate surface area is 231 Å². The second-order valence-electron chi connectivity index (χ2n) is 11.9. The summed E-state index contributed by atoms with van der Waals surface area (Å²) in [6.45, 7) is -0.627. The van der Waals surface area contributed by atoms with Gasteiger partial charge in [0, 0.05) is 38.9 Å². The van der Waals surface area contributed by atoms with E-state index in [-0.39, 0.29) is 30.8 Å². The van der Waals surface area contributed by atoms with Gasteiger partial charge in [0.2, 0.25) is 0 Å². The van der Waals surface area contributed by atoms with Crippen LogP contribution in [0.3, 0.4) is 0 Å². The van der Waals surface area contributed by atoms with Crippen molar-refractivity contribution in [3.8, 4) is 0 Å². The van der Waals surface area contributed by atoms with Crippen LogP contribution in [0, 0.1) is 17.8 Å². The van der Waals surface area contributed by atoms with Crippen LogP contribution < -0.4 is 0 Å². The molecule has 5 rings (SSSR count). The number of carboxylic acids is 1. The van der Waals surface area contributed by atoms with E-state index in [4.69, 9.17) is 28.4 Å². The Morgan fingerprint density at radius 2 is 1.55 bits per heavy atom. The van der Waals surface area contributed by atoms with Crippen LogP contribution in [-0.2, 0) is 28.5 Å². The lowest BCUT2D eigenvalue weighted by Crippen LogP contribution is -2.68. The number of hydrogen-bond acceptors (Lipinski definition) is 12. The average Bonchev–Trinajstić information content (AvgIpc) is 2.93. The van der Waals surface area contributed by atoms with Crippen LogP contribution in [0.4, 0.5) is 0 Å². The van der Waals surface area contributed by atoms with Gasteiger partial charge in [-0.1, -0.05) is 0 Å². The van der Waals surface area contributed by atoms with Crippen LogP contribution in [0.5, 0.6) is 0 Å². The molecule has 2 aliphatic carbocycles. The molecule has 0 aromatic rings. The van der Waals surface area contributed by atoms with E-state index < -0.39 is 98.0 Å². The molecule has 15 atom stereocenters. The maximum absolute atomic E-state index is 12.1. The monoisotopic (exact) mass is 579 g/mol. The third-order valence-corrected chi connectivity index (χ3v) is 9.67. The highest BCUT2D eigenvalue weighted by molar-refractivity contribution is 5.72. The molecule has 0 bridgehead atoms. The zero-order chi connectivity index (χ0) is 28.9. The minimum Gasteiger partial charge on any atom is -0.479 e. The minimum atomic E-state index is -1.65. The summed E-state index contributed by atoms with van der Waals surface area (Å²) in [5, 5.41) is 72.4. The van der Waals surface area contributed by atoms with Crippen molar-refractivity contribution in [2.75, 3.05) is 20.8 Å². The summed E-state index contributed by atoms with van der Waals surface area (Å²) >= 11 is 0. The molecule has 5 aliphatic rings. The third kappa shape index (κ3) is 5.54. The molecule has 14 nitrogen and oxygen atoms in total. The summed E-state index contributed by atoms with van der Waals surface area (Å²) in [5.74, 6) is -2.09. The number of aliphatic carboxylic acids is 1. The van der Waals surface area contributed by atoms with Gasteiger partial charge in [0.1, 0.15) is 36.6 Å². The van der Waals surface area contributed by atoms with E-state index in [1.54, 1.807) is 0 Å². The van der Waals surface area contributed by atoms with Crippen molar-refractivity contribution in [3.05, 3.63) is 0 Å². The Kier molecular flexibility index (Phi) is 9.37. The number of aliphatic hydroxyl groups is 8. The van der Waals surface area contributed by atoms with E-state index in [1.807, 2.05) is 0 Å². The molecule has 0 aromatic carbocycles. The molecule has 230 valence electrons. The Morgan fingerprint density at radius 3 is 2.15 bits per heavy atom. The Bertz CT molecular complexity index is 860. The van der Waals surface area contributed by atoms with Crippen LogP contribution in [0.25, 0.3) is 0 Å². The first-order valence-corrected chi connectivity index (χ1v) is 14.0. The van der Waals surface area contributed by atoms with Gasteiger partial charge in [0.25, 0.3) is 0 Å². The minimum absolute atomic E-state index is 0.0912. The van der Waals surface area contributed by atoms with Crippen molar-refractivity contribution in [1.82, 2.24) is 0 Å². The smallest absolute Gasteiger partial charge is 0.332 e. The van der Waals surface area contributed by atoms with Crippen LogP contribution >= 0.6 is 0 Å². The SMILES string of the molecule is COC1CC(C2[OH+]C3CC(O)CC4OC(C(=O)O)CC(C2O[C@@H]2O[C@H](CO)[C@@H](O)[C@H](O)[C@H]2O)C43)CC(OC)C1O. The highest BCUT2D eigenvalue weighted by Crippen LogP contribution is 2.50.